The maximum absolute atomic E-state index is 14.4. The molecular formula is C35H42FN7O4. The van der Waals surface area contributed by atoms with Crippen molar-refractivity contribution in [3.05, 3.63) is 96.5 Å². The first kappa shape index (κ1) is 33.5. The number of carbonyl (C=O) groups is 3. The van der Waals surface area contributed by atoms with Crippen LogP contribution in [0.3, 0.4) is 0 Å². The Morgan fingerprint density at radius 3 is 2.51 bits per heavy atom. The molecule has 12 heteroatoms. The molecule has 47 heavy (non-hydrogen) atoms. The Labute approximate surface area is 274 Å². The number of carbonyl (C=O) groups excluding carboxylic acids is 3. The molecule has 248 valence electrons. The van der Waals surface area contributed by atoms with Crippen LogP contribution in [0.4, 0.5) is 4.39 Å². The van der Waals surface area contributed by atoms with Crippen molar-refractivity contribution in [1.29, 1.82) is 0 Å². The molecule has 0 spiro atoms. The predicted molar refractivity (Wildman–Crippen MR) is 175 cm³/mol. The monoisotopic (exact) mass is 643 g/mol. The van der Waals surface area contributed by atoms with Crippen LogP contribution in [0, 0.1) is 11.2 Å². The van der Waals surface area contributed by atoms with Crippen LogP contribution < -0.4 is 15.4 Å². The third-order valence-electron chi connectivity index (χ3n) is 8.25. The number of nitrogens with zero attached hydrogens (tertiary/aromatic N) is 5. The van der Waals surface area contributed by atoms with Gasteiger partial charge in [-0.2, -0.15) is 0 Å². The molecule has 0 radical (unpaired) electrons. The van der Waals surface area contributed by atoms with Crippen LogP contribution in [0.5, 0.6) is 5.75 Å². The summed E-state index contributed by atoms with van der Waals surface area (Å²) >= 11 is 0. The van der Waals surface area contributed by atoms with Crippen LogP contribution in [0.25, 0.3) is 5.65 Å². The minimum atomic E-state index is -0.813. The van der Waals surface area contributed by atoms with Crippen molar-refractivity contribution in [2.24, 2.45) is 5.41 Å². The largest absolute Gasteiger partial charge is 0.488 e. The van der Waals surface area contributed by atoms with Crippen molar-refractivity contribution in [2.45, 2.75) is 51.8 Å². The smallest absolute Gasteiger partial charge is 0.274 e. The zero-order chi connectivity index (χ0) is 33.6. The highest BCUT2D eigenvalue weighted by atomic mass is 19.1. The zero-order valence-electron chi connectivity index (χ0n) is 27.2. The molecule has 11 nitrogen and oxygen atoms in total. The second kappa shape index (κ2) is 14.7. The van der Waals surface area contributed by atoms with Gasteiger partial charge in [0.1, 0.15) is 35.1 Å². The number of aromatic nitrogens is 3. The van der Waals surface area contributed by atoms with Crippen molar-refractivity contribution in [3.8, 4) is 5.75 Å². The van der Waals surface area contributed by atoms with E-state index in [9.17, 15) is 18.8 Å². The lowest BCUT2D eigenvalue weighted by Gasteiger charge is -2.37. The van der Waals surface area contributed by atoms with Gasteiger partial charge in [-0.3, -0.25) is 19.4 Å². The van der Waals surface area contributed by atoms with Crippen LogP contribution in [0.15, 0.2) is 79.4 Å². The summed E-state index contributed by atoms with van der Waals surface area (Å²) in [7, 11) is 1.67. The predicted octanol–water partition coefficient (Wildman–Crippen LogP) is 3.35. The molecule has 1 aromatic carbocycles. The Bertz CT molecular complexity index is 1640. The molecule has 3 atom stereocenters. The van der Waals surface area contributed by atoms with E-state index >= 15 is 0 Å². The number of halogens is 1. The van der Waals surface area contributed by atoms with Crippen LogP contribution in [-0.2, 0) is 16.0 Å². The van der Waals surface area contributed by atoms with Gasteiger partial charge in [0, 0.05) is 44.3 Å². The Morgan fingerprint density at radius 1 is 1.09 bits per heavy atom. The zero-order valence-corrected chi connectivity index (χ0v) is 27.2. The normalized spacial score (nSPS) is 17.0. The highest BCUT2D eigenvalue weighted by Crippen LogP contribution is 2.29. The summed E-state index contributed by atoms with van der Waals surface area (Å²) in [5, 5.41) is 5.76. The van der Waals surface area contributed by atoms with E-state index in [1.807, 2.05) is 45.2 Å². The topological polar surface area (TPSA) is 121 Å². The van der Waals surface area contributed by atoms with Gasteiger partial charge in [0.15, 0.2) is 0 Å². The van der Waals surface area contributed by atoms with Gasteiger partial charge in [0.2, 0.25) is 11.8 Å². The second-order valence-corrected chi connectivity index (χ2v) is 12.9. The summed E-state index contributed by atoms with van der Waals surface area (Å²) < 4.78 is 21.7. The highest BCUT2D eigenvalue weighted by Gasteiger charge is 2.44. The number of likely N-dealkylation sites (N-methyl/N-ethyl adjacent to an activating group) is 1. The molecule has 1 fully saturated rings. The van der Waals surface area contributed by atoms with Crippen molar-refractivity contribution >= 4 is 23.4 Å². The lowest BCUT2D eigenvalue weighted by molar-refractivity contribution is -0.140. The Kier molecular flexibility index (Phi) is 10.5. The van der Waals surface area contributed by atoms with Gasteiger partial charge in [0.05, 0.1) is 19.1 Å². The van der Waals surface area contributed by atoms with Gasteiger partial charge in [-0.1, -0.05) is 39.0 Å². The van der Waals surface area contributed by atoms with Crippen molar-refractivity contribution in [3.63, 3.8) is 0 Å². The van der Waals surface area contributed by atoms with Crippen LogP contribution in [0.1, 0.15) is 43.2 Å². The molecule has 3 unspecified atom stereocenters. The summed E-state index contributed by atoms with van der Waals surface area (Å²) in [5.74, 6) is -0.518. The van der Waals surface area contributed by atoms with Crippen molar-refractivity contribution in [2.75, 3.05) is 33.2 Å². The third kappa shape index (κ3) is 8.50. The van der Waals surface area contributed by atoms with E-state index in [4.69, 9.17) is 4.74 Å². The van der Waals surface area contributed by atoms with Crippen LogP contribution >= 0.6 is 0 Å². The molecule has 1 aliphatic rings. The highest BCUT2D eigenvalue weighted by molar-refractivity contribution is 5.93. The van der Waals surface area contributed by atoms with E-state index in [1.165, 1.54) is 12.1 Å². The summed E-state index contributed by atoms with van der Waals surface area (Å²) in [5.41, 5.74) is 1.20. The van der Waals surface area contributed by atoms with E-state index in [-0.39, 0.29) is 55.0 Å². The quantitative estimate of drug-likeness (QED) is 0.243. The minimum Gasteiger partial charge on any atom is -0.488 e. The number of ether oxygens (including phenoxy) is 1. The number of imidazole rings is 1. The summed E-state index contributed by atoms with van der Waals surface area (Å²) in [4.78, 5) is 53.2. The number of nitrogens with one attached hydrogen (secondary N) is 2. The number of likely N-dealkylation sites (tertiary alicyclic amines) is 1. The molecule has 4 heterocycles. The van der Waals surface area contributed by atoms with E-state index in [0.717, 1.165) is 5.56 Å². The average Bonchev–Trinajstić information content (AvgIpc) is 3.66. The van der Waals surface area contributed by atoms with Gasteiger partial charge in [0.25, 0.3) is 5.91 Å². The Hall–Kier alpha value is -4.84. The first-order chi connectivity index (χ1) is 22.5. The molecule has 4 aromatic rings. The molecular weight excluding hydrogens is 601 g/mol. The standard InChI is InChI=1S/C35H42FN7O4/c1-35(2,3)32(40-31(44)20-37-4)34(46)43-22-28(47-27-12-15-38-16-13-27)19-26(43)21-42(18-14-24-8-10-25(36)11-9-24)33(45)29-23-41-17-6-5-7-30(41)39-29/h5-13,15-17,23,26,28,32,37H,14,18-22H2,1-4H3,(H,40,44). The summed E-state index contributed by atoms with van der Waals surface area (Å²) in [6, 6.07) is 14.0. The number of hydrogen-bond donors (Lipinski definition) is 2. The fourth-order valence-corrected chi connectivity index (χ4v) is 5.84. The molecule has 3 aromatic heterocycles. The summed E-state index contributed by atoms with van der Waals surface area (Å²) in [6.45, 7) is 6.59. The van der Waals surface area contributed by atoms with E-state index in [1.54, 1.807) is 64.1 Å². The lowest BCUT2D eigenvalue weighted by atomic mass is 9.85. The maximum atomic E-state index is 14.4. The number of pyridine rings is 2. The van der Waals surface area contributed by atoms with Gasteiger partial charge >= 0.3 is 0 Å². The number of amides is 3. The maximum Gasteiger partial charge on any atom is 0.274 e. The van der Waals surface area contributed by atoms with Gasteiger partial charge < -0.3 is 29.6 Å². The average molecular weight is 644 g/mol. The fourth-order valence-electron chi connectivity index (χ4n) is 5.84. The minimum absolute atomic E-state index is 0.0712. The molecule has 0 aliphatic carbocycles. The van der Waals surface area contributed by atoms with Crippen LogP contribution in [0.2, 0.25) is 0 Å². The third-order valence-corrected chi connectivity index (χ3v) is 8.25. The molecule has 0 bridgehead atoms. The molecule has 1 saturated heterocycles. The SMILES string of the molecule is CNCC(=O)NC(C(=O)N1CC(Oc2ccncc2)CC1CN(CCc1ccc(F)cc1)C(=O)c1cn2ccccc2n1)C(C)(C)C. The van der Waals surface area contributed by atoms with Gasteiger partial charge in [-0.05, 0) is 60.8 Å². The number of rotatable bonds is 12. The van der Waals surface area contributed by atoms with Gasteiger partial charge in [-0.15, -0.1) is 0 Å². The molecule has 3 amide bonds. The number of hydrogen-bond acceptors (Lipinski definition) is 7. The van der Waals surface area contributed by atoms with Crippen molar-refractivity contribution in [1.82, 2.24) is 34.8 Å². The Morgan fingerprint density at radius 2 is 1.83 bits per heavy atom. The van der Waals surface area contributed by atoms with E-state index in [0.29, 0.717) is 30.8 Å². The lowest BCUT2D eigenvalue weighted by Crippen LogP contribution is -2.58. The van der Waals surface area contributed by atoms with Crippen molar-refractivity contribution < 1.29 is 23.5 Å². The van der Waals surface area contributed by atoms with E-state index < -0.39 is 17.5 Å². The second-order valence-electron chi connectivity index (χ2n) is 12.9. The number of fused-ring (bicyclic) bond motifs is 1. The van der Waals surface area contributed by atoms with Crippen LogP contribution in [-0.4, -0.2) is 93.3 Å². The first-order valence-electron chi connectivity index (χ1n) is 15.8. The molecule has 5 rings (SSSR count). The molecule has 0 saturated carbocycles. The fraction of sp³-hybridized carbons (Fsp3) is 0.400. The Balaban J connectivity index is 1.45. The first-order valence-corrected chi connectivity index (χ1v) is 15.8. The summed E-state index contributed by atoms with van der Waals surface area (Å²) in [6.07, 6.45) is 7.38. The molecule has 1 aliphatic heterocycles. The molecule has 2 N–H and O–H groups in total. The van der Waals surface area contributed by atoms with E-state index in [2.05, 4.69) is 20.6 Å². The van der Waals surface area contributed by atoms with Gasteiger partial charge in [-0.25, -0.2) is 9.37 Å². The number of benzene rings is 1.